The Bertz CT molecular complexity index is 818. The molecule has 0 unspecified atom stereocenters. The van der Waals surface area contributed by atoms with Gasteiger partial charge in [-0.15, -0.1) is 0 Å². The molecule has 7 heteroatoms. The predicted molar refractivity (Wildman–Crippen MR) is 88.0 cm³/mol. The number of benzene rings is 2. The summed E-state index contributed by atoms with van der Waals surface area (Å²) in [6, 6.07) is 7.78. The second kappa shape index (κ2) is 5.91. The summed E-state index contributed by atoms with van der Waals surface area (Å²) in [4.78, 5) is 11.8. The fraction of sp³-hybridized carbons (Fsp3) is 0.389. The van der Waals surface area contributed by atoms with Crippen LogP contribution in [0.15, 0.2) is 36.4 Å². The molecular formula is C18H19F3N2O2. The lowest BCUT2D eigenvalue weighted by molar-refractivity contribution is -0.203. The molecule has 1 N–H and O–H groups in total. The molecular weight excluding hydrogens is 333 g/mol. The number of hydrogen-bond donors (Lipinski definition) is 1. The van der Waals surface area contributed by atoms with E-state index >= 15 is 0 Å². The summed E-state index contributed by atoms with van der Waals surface area (Å²) in [6.45, 7) is 3.24. The van der Waals surface area contributed by atoms with Crippen molar-refractivity contribution in [2.45, 2.75) is 38.0 Å². The minimum absolute atomic E-state index is 0.00761. The summed E-state index contributed by atoms with van der Waals surface area (Å²) in [5.41, 5.74) is 1.51. The van der Waals surface area contributed by atoms with Crippen LogP contribution < -0.4 is 10.2 Å². The fourth-order valence-electron chi connectivity index (χ4n) is 3.39. The smallest absolute Gasteiger partial charge is 0.409 e. The topological polar surface area (TPSA) is 41.6 Å². The number of halogens is 3. The van der Waals surface area contributed by atoms with E-state index in [1.807, 2.05) is 0 Å². The highest BCUT2D eigenvalue weighted by Gasteiger charge is 2.53. The summed E-state index contributed by atoms with van der Waals surface area (Å²) < 4.78 is 47.3. The van der Waals surface area contributed by atoms with Gasteiger partial charge in [-0.2, -0.15) is 18.2 Å². The molecule has 0 radical (unpaired) electrons. The number of carbonyl (C=O) groups is 1. The zero-order chi connectivity index (χ0) is 18.4. The maximum atomic E-state index is 14.0. The number of nitrogens with one attached hydrogen (secondary N) is 1. The van der Waals surface area contributed by atoms with Gasteiger partial charge in [0.2, 0.25) is 5.91 Å². The number of hydrogen-bond acceptors (Lipinski definition) is 3. The SMILES string of the molecule is COc1ccc([C@H](N2NC(=O)CC2(C)C)C(F)(F)F)c2ccccc12. The molecule has 1 aliphatic heterocycles. The predicted octanol–water partition coefficient (Wildman–Crippen LogP) is 3.97. The van der Waals surface area contributed by atoms with Gasteiger partial charge in [-0.05, 0) is 30.9 Å². The van der Waals surface area contributed by atoms with Crippen LogP contribution in [0.2, 0.25) is 0 Å². The van der Waals surface area contributed by atoms with Crippen molar-refractivity contribution < 1.29 is 22.7 Å². The maximum Gasteiger partial charge on any atom is 0.409 e. The van der Waals surface area contributed by atoms with E-state index in [2.05, 4.69) is 5.43 Å². The highest BCUT2D eigenvalue weighted by molar-refractivity contribution is 5.91. The van der Waals surface area contributed by atoms with Crippen molar-refractivity contribution in [3.63, 3.8) is 0 Å². The number of amides is 1. The summed E-state index contributed by atoms with van der Waals surface area (Å²) in [7, 11) is 1.48. The molecule has 134 valence electrons. The van der Waals surface area contributed by atoms with Gasteiger partial charge in [0.15, 0.2) is 6.04 Å². The highest BCUT2D eigenvalue weighted by Crippen LogP contribution is 2.45. The van der Waals surface area contributed by atoms with Crippen LogP contribution in [0, 0.1) is 0 Å². The molecule has 2 aromatic rings. The fourth-order valence-corrected chi connectivity index (χ4v) is 3.39. The lowest BCUT2D eigenvalue weighted by Crippen LogP contribution is -2.51. The normalized spacial score (nSPS) is 19.0. The molecule has 3 rings (SSSR count). The Morgan fingerprint density at radius 1 is 1.16 bits per heavy atom. The van der Waals surface area contributed by atoms with E-state index in [1.165, 1.54) is 19.2 Å². The maximum absolute atomic E-state index is 14.0. The van der Waals surface area contributed by atoms with Crippen LogP contribution in [0.5, 0.6) is 5.75 Å². The van der Waals surface area contributed by atoms with Gasteiger partial charge < -0.3 is 4.74 Å². The van der Waals surface area contributed by atoms with E-state index in [0.717, 1.165) is 5.01 Å². The average molecular weight is 352 g/mol. The second-order valence-corrected chi connectivity index (χ2v) is 6.74. The largest absolute Gasteiger partial charge is 0.496 e. The van der Waals surface area contributed by atoms with E-state index < -0.39 is 23.7 Å². The molecule has 0 saturated carbocycles. The summed E-state index contributed by atoms with van der Waals surface area (Å²) in [5.74, 6) is 0.0852. The Balaban J connectivity index is 2.23. The lowest BCUT2D eigenvalue weighted by atomic mass is 9.93. The van der Waals surface area contributed by atoms with Crippen LogP contribution in [0.3, 0.4) is 0 Å². The quantitative estimate of drug-likeness (QED) is 0.909. The van der Waals surface area contributed by atoms with Crippen molar-refractivity contribution in [3.8, 4) is 5.75 Å². The average Bonchev–Trinajstić information content (AvgIpc) is 2.78. The van der Waals surface area contributed by atoms with E-state index in [-0.39, 0.29) is 12.0 Å². The van der Waals surface area contributed by atoms with Crippen molar-refractivity contribution in [3.05, 3.63) is 42.0 Å². The standard InChI is InChI=1S/C18H19F3N2O2/c1-17(2)10-15(24)22-23(17)16(18(19,20)21)13-8-9-14(25-3)12-7-5-4-6-11(12)13/h4-9,16H,10H2,1-3H3,(H,22,24)/t16-/m0/s1. The number of alkyl halides is 3. The van der Waals surface area contributed by atoms with Crippen molar-refractivity contribution in [2.24, 2.45) is 0 Å². The van der Waals surface area contributed by atoms with Crippen LogP contribution >= 0.6 is 0 Å². The number of rotatable bonds is 3. The number of nitrogens with zero attached hydrogens (tertiary/aromatic N) is 1. The summed E-state index contributed by atoms with van der Waals surface area (Å²) in [5, 5.41) is 2.06. The van der Waals surface area contributed by atoms with Gasteiger partial charge >= 0.3 is 6.18 Å². The highest BCUT2D eigenvalue weighted by atomic mass is 19.4. The molecule has 1 aliphatic rings. The van der Waals surface area contributed by atoms with Gasteiger partial charge in [0.1, 0.15) is 5.75 Å². The van der Waals surface area contributed by atoms with Gasteiger partial charge in [-0.3, -0.25) is 10.2 Å². The van der Waals surface area contributed by atoms with E-state index in [1.54, 1.807) is 38.1 Å². The van der Waals surface area contributed by atoms with E-state index in [0.29, 0.717) is 16.5 Å². The Morgan fingerprint density at radius 2 is 1.80 bits per heavy atom. The molecule has 1 heterocycles. The summed E-state index contributed by atoms with van der Waals surface area (Å²) >= 11 is 0. The first-order valence-electron chi connectivity index (χ1n) is 7.86. The third-order valence-corrected chi connectivity index (χ3v) is 4.49. The van der Waals surface area contributed by atoms with Crippen LogP contribution in [0.1, 0.15) is 31.9 Å². The zero-order valence-corrected chi connectivity index (χ0v) is 14.1. The number of fused-ring (bicyclic) bond motifs is 1. The first-order chi connectivity index (χ1) is 11.6. The van der Waals surface area contributed by atoms with Gasteiger partial charge in [-0.25, -0.2) is 0 Å². The van der Waals surface area contributed by atoms with Crippen LogP contribution in [0.4, 0.5) is 13.2 Å². The molecule has 1 fully saturated rings. The van der Waals surface area contributed by atoms with Gasteiger partial charge in [0, 0.05) is 17.3 Å². The molecule has 1 saturated heterocycles. The molecule has 2 aromatic carbocycles. The number of ether oxygens (including phenoxy) is 1. The molecule has 0 aliphatic carbocycles. The number of methoxy groups -OCH3 is 1. The Morgan fingerprint density at radius 3 is 2.32 bits per heavy atom. The number of hydrazine groups is 1. The third kappa shape index (κ3) is 3.04. The monoisotopic (exact) mass is 352 g/mol. The molecule has 0 aromatic heterocycles. The molecule has 0 spiro atoms. The molecule has 4 nitrogen and oxygen atoms in total. The van der Waals surface area contributed by atoms with Crippen LogP contribution in [0.25, 0.3) is 10.8 Å². The van der Waals surface area contributed by atoms with Crippen molar-refractivity contribution >= 4 is 16.7 Å². The Kier molecular flexibility index (Phi) is 4.15. The van der Waals surface area contributed by atoms with Gasteiger partial charge in [0.25, 0.3) is 0 Å². The molecule has 1 atom stereocenters. The molecule has 1 amide bonds. The van der Waals surface area contributed by atoms with E-state index in [9.17, 15) is 18.0 Å². The van der Waals surface area contributed by atoms with Crippen LogP contribution in [-0.2, 0) is 4.79 Å². The Labute approximate surface area is 143 Å². The van der Waals surface area contributed by atoms with Crippen molar-refractivity contribution in [1.29, 1.82) is 0 Å². The number of carbonyl (C=O) groups excluding carboxylic acids is 1. The van der Waals surface area contributed by atoms with Crippen molar-refractivity contribution in [2.75, 3.05) is 7.11 Å². The Hall–Kier alpha value is -2.28. The first kappa shape index (κ1) is 17.5. The minimum Gasteiger partial charge on any atom is -0.496 e. The summed E-state index contributed by atoms with van der Waals surface area (Å²) in [6.07, 6.45) is -4.56. The second-order valence-electron chi connectivity index (χ2n) is 6.74. The van der Waals surface area contributed by atoms with Crippen LogP contribution in [-0.4, -0.2) is 29.7 Å². The zero-order valence-electron chi connectivity index (χ0n) is 14.1. The van der Waals surface area contributed by atoms with Crippen molar-refractivity contribution in [1.82, 2.24) is 10.4 Å². The van der Waals surface area contributed by atoms with Gasteiger partial charge in [-0.1, -0.05) is 30.3 Å². The van der Waals surface area contributed by atoms with E-state index in [4.69, 9.17) is 4.74 Å². The lowest BCUT2D eigenvalue weighted by Gasteiger charge is -2.38. The molecule has 25 heavy (non-hydrogen) atoms. The molecule has 0 bridgehead atoms. The first-order valence-corrected chi connectivity index (χ1v) is 7.86. The van der Waals surface area contributed by atoms with Gasteiger partial charge in [0.05, 0.1) is 7.11 Å². The third-order valence-electron chi connectivity index (χ3n) is 4.49. The minimum atomic E-state index is -4.56.